The molecule has 1 N–H and O–H groups in total. The van der Waals surface area contributed by atoms with Crippen molar-refractivity contribution in [3.63, 3.8) is 0 Å². The van der Waals surface area contributed by atoms with Gasteiger partial charge in [0, 0.05) is 6.08 Å². The van der Waals surface area contributed by atoms with Crippen molar-refractivity contribution in [1.29, 1.82) is 0 Å². The first-order valence-corrected chi connectivity index (χ1v) is 6.21. The third-order valence-corrected chi connectivity index (χ3v) is 2.47. The molecule has 0 unspecified atom stereocenters. The highest BCUT2D eigenvalue weighted by Crippen LogP contribution is 2.17. The van der Waals surface area contributed by atoms with Crippen LogP contribution in [-0.2, 0) is 4.79 Å². The van der Waals surface area contributed by atoms with Gasteiger partial charge in [-0.05, 0) is 45.4 Å². The molecular formula is C15H21NO2. The second kappa shape index (κ2) is 6.84. The van der Waals surface area contributed by atoms with Crippen molar-refractivity contribution in [2.24, 2.45) is 0 Å². The summed E-state index contributed by atoms with van der Waals surface area (Å²) in [5.41, 5.74) is 2.06. The minimum absolute atomic E-state index is 0.0104. The second-order valence-electron chi connectivity index (χ2n) is 4.45. The van der Waals surface area contributed by atoms with Crippen LogP contribution >= 0.6 is 0 Å². The van der Waals surface area contributed by atoms with Crippen LogP contribution in [0.1, 0.15) is 39.3 Å². The average Bonchev–Trinajstić information content (AvgIpc) is 2.29. The smallest absolute Gasteiger partial charge is 0.244 e. The monoisotopic (exact) mass is 247 g/mol. The third-order valence-electron chi connectivity index (χ3n) is 2.47. The Morgan fingerprint density at radius 3 is 2.44 bits per heavy atom. The summed E-state index contributed by atoms with van der Waals surface area (Å²) in [4.78, 5) is 11.6. The number of carbonyl (C=O) groups is 1. The van der Waals surface area contributed by atoms with Gasteiger partial charge in [0.2, 0.25) is 5.91 Å². The van der Waals surface area contributed by atoms with Crippen LogP contribution in [0.25, 0.3) is 0 Å². The first-order chi connectivity index (χ1) is 8.52. The van der Waals surface area contributed by atoms with Gasteiger partial charge in [-0.2, -0.15) is 0 Å². The molecule has 0 saturated carbocycles. The number of ether oxygens (including phenoxy) is 1. The molecule has 0 bridgehead atoms. The van der Waals surface area contributed by atoms with Crippen LogP contribution in [-0.4, -0.2) is 12.5 Å². The maximum absolute atomic E-state index is 11.6. The molecule has 1 rings (SSSR count). The van der Waals surface area contributed by atoms with Crippen molar-refractivity contribution >= 4 is 5.91 Å². The molecule has 1 amide bonds. The Bertz CT molecular complexity index is 417. The largest absolute Gasteiger partial charge is 0.494 e. The van der Waals surface area contributed by atoms with Gasteiger partial charge in [-0.25, -0.2) is 0 Å². The van der Waals surface area contributed by atoms with E-state index in [4.69, 9.17) is 4.74 Å². The molecule has 1 atom stereocenters. The number of nitrogens with one attached hydrogen (secondary N) is 1. The van der Waals surface area contributed by atoms with Crippen LogP contribution in [0.4, 0.5) is 0 Å². The minimum Gasteiger partial charge on any atom is -0.494 e. The molecule has 0 heterocycles. The van der Waals surface area contributed by atoms with Crippen LogP contribution in [0, 0.1) is 0 Å². The van der Waals surface area contributed by atoms with Gasteiger partial charge in [-0.15, -0.1) is 0 Å². The van der Waals surface area contributed by atoms with Crippen LogP contribution in [0.5, 0.6) is 5.75 Å². The molecular weight excluding hydrogens is 226 g/mol. The van der Waals surface area contributed by atoms with Crippen LogP contribution in [0.15, 0.2) is 35.9 Å². The van der Waals surface area contributed by atoms with Gasteiger partial charge < -0.3 is 10.1 Å². The summed E-state index contributed by atoms with van der Waals surface area (Å²) < 4.78 is 5.38. The molecule has 1 aromatic rings. The van der Waals surface area contributed by atoms with Crippen molar-refractivity contribution in [1.82, 2.24) is 5.32 Å². The molecule has 3 nitrogen and oxygen atoms in total. The van der Waals surface area contributed by atoms with E-state index in [1.807, 2.05) is 52.0 Å². The van der Waals surface area contributed by atoms with Gasteiger partial charge in [-0.1, -0.05) is 17.7 Å². The summed E-state index contributed by atoms with van der Waals surface area (Å²) in [5, 5.41) is 2.92. The number of hydrogen-bond acceptors (Lipinski definition) is 2. The summed E-state index contributed by atoms with van der Waals surface area (Å²) >= 11 is 0. The van der Waals surface area contributed by atoms with Gasteiger partial charge in [-0.3, -0.25) is 4.79 Å². The van der Waals surface area contributed by atoms with Crippen molar-refractivity contribution < 1.29 is 9.53 Å². The summed E-state index contributed by atoms with van der Waals surface area (Å²) in [6.45, 7) is 8.39. The zero-order valence-corrected chi connectivity index (χ0v) is 11.5. The molecule has 0 aliphatic carbocycles. The summed E-state index contributed by atoms with van der Waals surface area (Å²) in [7, 11) is 0. The number of carbonyl (C=O) groups excluding carboxylic acids is 1. The van der Waals surface area contributed by atoms with Crippen LogP contribution in [0.3, 0.4) is 0 Å². The zero-order chi connectivity index (χ0) is 13.5. The van der Waals surface area contributed by atoms with E-state index in [2.05, 4.69) is 5.32 Å². The Balaban J connectivity index is 2.64. The fourth-order valence-electron chi connectivity index (χ4n) is 1.62. The van der Waals surface area contributed by atoms with E-state index in [0.717, 1.165) is 16.9 Å². The SMILES string of the molecule is CCOc1ccc([C@H](C)NC(=O)C=C(C)C)cc1. The van der Waals surface area contributed by atoms with Gasteiger partial charge in [0.25, 0.3) is 0 Å². The van der Waals surface area contributed by atoms with Crippen molar-refractivity contribution in [3.05, 3.63) is 41.5 Å². The Morgan fingerprint density at radius 1 is 1.33 bits per heavy atom. The van der Waals surface area contributed by atoms with E-state index in [9.17, 15) is 4.79 Å². The standard InChI is InChI=1S/C15H21NO2/c1-5-18-14-8-6-13(7-9-14)12(4)16-15(17)10-11(2)3/h6-10,12H,5H2,1-4H3,(H,16,17)/t12-/m0/s1. The number of amides is 1. The molecule has 3 heteroatoms. The highest BCUT2D eigenvalue weighted by atomic mass is 16.5. The Hall–Kier alpha value is -1.77. The topological polar surface area (TPSA) is 38.3 Å². The Labute approximate surface area is 109 Å². The van der Waals surface area contributed by atoms with Gasteiger partial charge >= 0.3 is 0 Å². The molecule has 1 aromatic carbocycles. The molecule has 0 aliphatic rings. The van der Waals surface area contributed by atoms with Gasteiger partial charge in [0.1, 0.15) is 5.75 Å². The lowest BCUT2D eigenvalue weighted by Crippen LogP contribution is -2.24. The molecule has 0 aromatic heterocycles. The fraction of sp³-hybridized carbons (Fsp3) is 0.400. The summed E-state index contributed by atoms with van der Waals surface area (Å²) in [6, 6.07) is 7.77. The first kappa shape index (κ1) is 14.3. The Morgan fingerprint density at radius 2 is 1.94 bits per heavy atom. The van der Waals surface area contributed by atoms with E-state index in [1.54, 1.807) is 6.08 Å². The molecule has 0 radical (unpaired) electrons. The number of benzene rings is 1. The highest BCUT2D eigenvalue weighted by molar-refractivity contribution is 5.88. The maximum Gasteiger partial charge on any atom is 0.244 e. The van der Waals surface area contributed by atoms with Crippen LogP contribution < -0.4 is 10.1 Å². The van der Waals surface area contributed by atoms with E-state index in [1.165, 1.54) is 0 Å². The fourth-order valence-corrected chi connectivity index (χ4v) is 1.62. The quantitative estimate of drug-likeness (QED) is 0.811. The normalized spacial score (nSPS) is 11.6. The van der Waals surface area contributed by atoms with Crippen LogP contribution in [0.2, 0.25) is 0 Å². The maximum atomic E-state index is 11.6. The highest BCUT2D eigenvalue weighted by Gasteiger charge is 2.07. The van der Waals surface area contributed by atoms with Crippen molar-refractivity contribution in [2.75, 3.05) is 6.61 Å². The lowest BCUT2D eigenvalue weighted by molar-refractivity contribution is -0.117. The molecule has 0 saturated heterocycles. The molecule has 0 fully saturated rings. The number of rotatable bonds is 5. The molecule has 18 heavy (non-hydrogen) atoms. The van der Waals surface area contributed by atoms with E-state index in [0.29, 0.717) is 6.61 Å². The number of allylic oxidation sites excluding steroid dienone is 1. The third kappa shape index (κ3) is 4.62. The number of hydrogen-bond donors (Lipinski definition) is 1. The van der Waals surface area contributed by atoms with E-state index in [-0.39, 0.29) is 11.9 Å². The zero-order valence-electron chi connectivity index (χ0n) is 11.5. The predicted octanol–water partition coefficient (Wildman–Crippen LogP) is 3.23. The average molecular weight is 247 g/mol. The Kier molecular flexibility index (Phi) is 5.43. The van der Waals surface area contributed by atoms with Crippen molar-refractivity contribution in [2.45, 2.75) is 33.7 Å². The van der Waals surface area contributed by atoms with E-state index >= 15 is 0 Å². The lowest BCUT2D eigenvalue weighted by Gasteiger charge is -2.13. The predicted molar refractivity (Wildman–Crippen MR) is 73.6 cm³/mol. The van der Waals surface area contributed by atoms with Gasteiger partial charge in [0.05, 0.1) is 12.6 Å². The summed E-state index contributed by atoms with van der Waals surface area (Å²) in [6.07, 6.45) is 1.60. The second-order valence-corrected chi connectivity index (χ2v) is 4.45. The summed E-state index contributed by atoms with van der Waals surface area (Å²) in [5.74, 6) is 0.792. The molecule has 98 valence electrons. The first-order valence-electron chi connectivity index (χ1n) is 6.21. The minimum atomic E-state index is -0.0589. The van der Waals surface area contributed by atoms with Crippen molar-refractivity contribution in [3.8, 4) is 5.75 Å². The molecule has 0 aliphatic heterocycles. The van der Waals surface area contributed by atoms with Gasteiger partial charge in [0.15, 0.2) is 0 Å². The van der Waals surface area contributed by atoms with E-state index < -0.39 is 0 Å². The molecule has 0 spiro atoms. The lowest BCUT2D eigenvalue weighted by atomic mass is 10.1.